The van der Waals surface area contributed by atoms with E-state index in [-0.39, 0.29) is 6.10 Å². The van der Waals surface area contributed by atoms with Crippen molar-refractivity contribution in [3.8, 4) is 12.0 Å². The molecule has 0 bridgehead atoms. The summed E-state index contributed by atoms with van der Waals surface area (Å²) in [5.74, 6) is 0.887. The molecule has 3 heterocycles. The fourth-order valence-corrected chi connectivity index (χ4v) is 3.32. The van der Waals surface area contributed by atoms with Crippen molar-refractivity contribution in [1.29, 1.82) is 0 Å². The highest BCUT2D eigenvalue weighted by Crippen LogP contribution is 2.28. The minimum Gasteiger partial charge on any atom is -0.468 e. The van der Waals surface area contributed by atoms with Gasteiger partial charge >= 0.3 is 6.01 Å². The first-order valence-corrected chi connectivity index (χ1v) is 9.07. The van der Waals surface area contributed by atoms with Gasteiger partial charge in [0.05, 0.1) is 13.2 Å². The van der Waals surface area contributed by atoms with Crippen LogP contribution < -0.4 is 20.5 Å². The molecule has 1 unspecified atom stereocenters. The van der Waals surface area contributed by atoms with Gasteiger partial charge in [-0.15, -0.1) is 0 Å². The number of aromatic nitrogens is 4. The van der Waals surface area contributed by atoms with Gasteiger partial charge in [-0.25, -0.2) is 0 Å². The number of nitrogens with zero attached hydrogens (tertiary/aromatic N) is 4. The summed E-state index contributed by atoms with van der Waals surface area (Å²) in [5.41, 5.74) is 7.36. The standard InChI is InChI=1S/C17H28N6O2/c1-4-5-11(2)25-16-21-14(18)13-15(22-16)23(17(20-13)24-3)10-12-6-8-19-9-7-12/h11-12,19H,4-10H2,1-3H3,(H2,18,21,22). The third kappa shape index (κ3) is 3.95. The molecule has 0 saturated carbocycles. The molecule has 1 aliphatic heterocycles. The highest BCUT2D eigenvalue weighted by atomic mass is 16.5. The first-order chi connectivity index (χ1) is 12.1. The third-order valence-electron chi connectivity index (χ3n) is 4.65. The maximum atomic E-state index is 6.10. The predicted molar refractivity (Wildman–Crippen MR) is 96.9 cm³/mol. The molecule has 0 amide bonds. The molecule has 0 aliphatic carbocycles. The van der Waals surface area contributed by atoms with Crippen LogP contribution in [0.2, 0.25) is 0 Å². The third-order valence-corrected chi connectivity index (χ3v) is 4.65. The van der Waals surface area contributed by atoms with Gasteiger partial charge in [0.1, 0.15) is 0 Å². The predicted octanol–water partition coefficient (Wildman–Crippen LogP) is 1.98. The molecule has 1 fully saturated rings. The van der Waals surface area contributed by atoms with Crippen molar-refractivity contribution in [2.24, 2.45) is 5.92 Å². The highest BCUT2D eigenvalue weighted by molar-refractivity contribution is 5.83. The van der Waals surface area contributed by atoms with Gasteiger partial charge in [-0.3, -0.25) is 4.57 Å². The van der Waals surface area contributed by atoms with E-state index < -0.39 is 0 Å². The Kier molecular flexibility index (Phi) is 5.57. The van der Waals surface area contributed by atoms with E-state index in [1.165, 1.54) is 0 Å². The van der Waals surface area contributed by atoms with Crippen molar-refractivity contribution >= 4 is 17.0 Å². The van der Waals surface area contributed by atoms with Gasteiger partial charge in [0.25, 0.3) is 6.01 Å². The number of hydrogen-bond acceptors (Lipinski definition) is 7. The summed E-state index contributed by atoms with van der Waals surface area (Å²) in [4.78, 5) is 13.3. The second-order valence-corrected chi connectivity index (χ2v) is 6.68. The van der Waals surface area contributed by atoms with Gasteiger partial charge in [0.2, 0.25) is 0 Å². The summed E-state index contributed by atoms with van der Waals surface area (Å²) in [5, 5.41) is 3.39. The number of imidazole rings is 1. The van der Waals surface area contributed by atoms with Crippen LogP contribution in [0.25, 0.3) is 11.2 Å². The molecule has 0 radical (unpaired) electrons. The molecule has 2 aromatic rings. The maximum Gasteiger partial charge on any atom is 0.320 e. The number of fused-ring (bicyclic) bond motifs is 1. The van der Waals surface area contributed by atoms with Crippen LogP contribution in [0.3, 0.4) is 0 Å². The van der Waals surface area contributed by atoms with E-state index >= 15 is 0 Å². The number of ether oxygens (including phenoxy) is 2. The van der Waals surface area contributed by atoms with Crippen LogP contribution in [0.5, 0.6) is 12.0 Å². The number of anilines is 1. The molecule has 138 valence electrons. The number of nitrogens with one attached hydrogen (secondary N) is 1. The zero-order chi connectivity index (χ0) is 17.8. The van der Waals surface area contributed by atoms with Crippen LogP contribution in [0.4, 0.5) is 5.82 Å². The minimum absolute atomic E-state index is 0.0459. The SMILES string of the molecule is CCCC(C)Oc1nc(N)c2nc(OC)n(CC3CCNCC3)c2n1. The van der Waals surface area contributed by atoms with Crippen LogP contribution >= 0.6 is 0 Å². The Morgan fingerprint density at radius 1 is 1.28 bits per heavy atom. The number of nitrogen functional groups attached to an aromatic ring is 1. The quantitative estimate of drug-likeness (QED) is 0.789. The van der Waals surface area contributed by atoms with Crippen LogP contribution in [-0.2, 0) is 6.54 Å². The molecule has 1 saturated heterocycles. The Morgan fingerprint density at radius 3 is 2.72 bits per heavy atom. The Hall–Kier alpha value is -2.09. The molecule has 1 aliphatic rings. The second kappa shape index (κ2) is 7.86. The molecular formula is C17H28N6O2. The summed E-state index contributed by atoms with van der Waals surface area (Å²) in [6, 6.07) is 0.827. The summed E-state index contributed by atoms with van der Waals surface area (Å²) < 4.78 is 13.3. The van der Waals surface area contributed by atoms with E-state index in [9.17, 15) is 0 Å². The van der Waals surface area contributed by atoms with E-state index in [0.29, 0.717) is 34.9 Å². The lowest BCUT2D eigenvalue weighted by molar-refractivity contribution is 0.193. The van der Waals surface area contributed by atoms with Crippen molar-refractivity contribution in [3.63, 3.8) is 0 Å². The average Bonchev–Trinajstić information content (AvgIpc) is 2.94. The molecule has 2 aromatic heterocycles. The van der Waals surface area contributed by atoms with Gasteiger partial charge in [-0.1, -0.05) is 13.3 Å². The highest BCUT2D eigenvalue weighted by Gasteiger charge is 2.22. The maximum absolute atomic E-state index is 6.10. The van der Waals surface area contributed by atoms with Gasteiger partial charge in [-0.05, 0) is 45.2 Å². The molecular weight excluding hydrogens is 320 g/mol. The van der Waals surface area contributed by atoms with Crippen molar-refractivity contribution in [2.45, 2.75) is 52.2 Å². The summed E-state index contributed by atoms with van der Waals surface area (Å²) in [6.45, 7) is 7.03. The number of methoxy groups -OCH3 is 1. The smallest absolute Gasteiger partial charge is 0.320 e. The lowest BCUT2D eigenvalue weighted by Crippen LogP contribution is -2.30. The Morgan fingerprint density at radius 2 is 2.04 bits per heavy atom. The molecule has 8 nitrogen and oxygen atoms in total. The summed E-state index contributed by atoms with van der Waals surface area (Å²) in [7, 11) is 1.62. The molecule has 0 aromatic carbocycles. The van der Waals surface area contributed by atoms with Crippen LogP contribution in [-0.4, -0.2) is 45.8 Å². The van der Waals surface area contributed by atoms with Crippen LogP contribution in [0.1, 0.15) is 39.5 Å². The number of nitrogens with two attached hydrogens (primary N) is 1. The number of piperidine rings is 1. The van der Waals surface area contributed by atoms with E-state index in [4.69, 9.17) is 15.2 Å². The lowest BCUT2D eigenvalue weighted by atomic mass is 9.98. The zero-order valence-corrected chi connectivity index (χ0v) is 15.3. The average molecular weight is 348 g/mol. The largest absolute Gasteiger partial charge is 0.468 e. The van der Waals surface area contributed by atoms with Gasteiger partial charge < -0.3 is 20.5 Å². The first kappa shape index (κ1) is 17.7. The Labute approximate surface area is 148 Å². The van der Waals surface area contributed by atoms with Crippen molar-refractivity contribution in [3.05, 3.63) is 0 Å². The minimum atomic E-state index is 0.0459. The fourth-order valence-electron chi connectivity index (χ4n) is 3.32. The van der Waals surface area contributed by atoms with Crippen molar-refractivity contribution < 1.29 is 9.47 Å². The summed E-state index contributed by atoms with van der Waals surface area (Å²) in [6.07, 6.45) is 4.28. The van der Waals surface area contributed by atoms with Gasteiger partial charge in [-0.2, -0.15) is 15.0 Å². The Bertz CT molecular complexity index is 711. The monoisotopic (exact) mass is 348 g/mol. The fraction of sp³-hybridized carbons (Fsp3) is 0.706. The summed E-state index contributed by atoms with van der Waals surface area (Å²) >= 11 is 0. The molecule has 3 N–H and O–H groups in total. The van der Waals surface area contributed by atoms with Crippen LogP contribution in [0, 0.1) is 5.92 Å². The Balaban J connectivity index is 1.94. The number of hydrogen-bond donors (Lipinski definition) is 2. The molecule has 0 spiro atoms. The lowest BCUT2D eigenvalue weighted by Gasteiger charge is -2.23. The van der Waals surface area contributed by atoms with Gasteiger partial charge in [0, 0.05) is 6.54 Å². The van der Waals surface area contributed by atoms with Crippen molar-refractivity contribution in [1.82, 2.24) is 24.8 Å². The topological polar surface area (TPSA) is 100 Å². The van der Waals surface area contributed by atoms with Crippen LogP contribution in [0.15, 0.2) is 0 Å². The zero-order valence-electron chi connectivity index (χ0n) is 15.3. The molecule has 25 heavy (non-hydrogen) atoms. The van der Waals surface area contributed by atoms with E-state index in [1.807, 2.05) is 11.5 Å². The normalized spacial score (nSPS) is 16.9. The van der Waals surface area contributed by atoms with E-state index in [2.05, 4.69) is 27.2 Å². The van der Waals surface area contributed by atoms with E-state index in [0.717, 1.165) is 45.3 Å². The molecule has 1 atom stereocenters. The number of rotatable bonds is 7. The molecule has 3 rings (SSSR count). The second-order valence-electron chi connectivity index (χ2n) is 6.68. The van der Waals surface area contributed by atoms with Gasteiger partial charge in [0.15, 0.2) is 17.0 Å². The van der Waals surface area contributed by atoms with E-state index in [1.54, 1.807) is 7.11 Å². The van der Waals surface area contributed by atoms with Crippen molar-refractivity contribution in [2.75, 3.05) is 25.9 Å². The first-order valence-electron chi connectivity index (χ1n) is 9.07. The molecule has 8 heteroatoms.